The lowest BCUT2D eigenvalue weighted by Gasteiger charge is -2.24. The van der Waals surface area contributed by atoms with E-state index in [1.54, 1.807) is 28.0 Å². The zero-order valence-electron chi connectivity index (χ0n) is 23.6. The summed E-state index contributed by atoms with van der Waals surface area (Å²) in [5, 5.41) is 10.2. The minimum Gasteiger partial charge on any atom is -0.353 e. The molecule has 0 fully saturated rings. The Balaban J connectivity index is 1.74. The van der Waals surface area contributed by atoms with E-state index in [2.05, 4.69) is 67.9 Å². The molecule has 2 aromatic carbocycles. The predicted molar refractivity (Wildman–Crippen MR) is 166 cm³/mol. The first-order chi connectivity index (χ1) is 19.2. The summed E-state index contributed by atoms with van der Waals surface area (Å²) >= 11 is 3.31. The van der Waals surface area contributed by atoms with Gasteiger partial charge in [0.25, 0.3) is 0 Å². The molecule has 2 amide bonds. The van der Waals surface area contributed by atoms with Crippen molar-refractivity contribution >= 4 is 40.7 Å². The second-order valence-electron chi connectivity index (χ2n) is 10.4. The summed E-state index contributed by atoms with van der Waals surface area (Å²) in [7, 11) is 3.93. The van der Waals surface area contributed by atoms with Crippen molar-refractivity contribution in [2.75, 3.05) is 44.4 Å². The molecule has 9 heteroatoms. The number of carbonyl (C=O) groups excluding carboxylic acids is 2. The van der Waals surface area contributed by atoms with Gasteiger partial charge in [0.05, 0.1) is 22.4 Å². The maximum atomic E-state index is 13.8. The third-order valence-electron chi connectivity index (χ3n) is 7.04. The van der Waals surface area contributed by atoms with E-state index in [1.807, 2.05) is 41.9 Å². The zero-order valence-corrected chi connectivity index (χ0v) is 25.2. The number of anilines is 1. The number of amides is 2. The number of nitrogens with one attached hydrogen (secondary N) is 1. The van der Waals surface area contributed by atoms with Gasteiger partial charge in [-0.25, -0.2) is 4.68 Å². The average Bonchev–Trinajstić information content (AvgIpc) is 3.48. The Kier molecular flexibility index (Phi) is 8.44. The Labute approximate surface area is 244 Å². The number of rotatable bonds is 8. The quantitative estimate of drug-likeness (QED) is 0.307. The van der Waals surface area contributed by atoms with Crippen LogP contribution in [0.4, 0.5) is 5.82 Å². The summed E-state index contributed by atoms with van der Waals surface area (Å²) in [5.41, 5.74) is 7.05. The summed E-state index contributed by atoms with van der Waals surface area (Å²) in [6, 6.07) is 18.5. The van der Waals surface area contributed by atoms with Crippen LogP contribution in [0.2, 0.25) is 0 Å². The molecule has 0 saturated carbocycles. The maximum Gasteiger partial charge on any atom is 0.240 e. The van der Waals surface area contributed by atoms with Gasteiger partial charge in [-0.2, -0.15) is 5.10 Å². The molecule has 5 rings (SSSR count). The second-order valence-corrected chi connectivity index (χ2v) is 12.5. The fraction of sp³-hybridized carbons (Fsp3) is 0.323. The Bertz CT molecular complexity index is 1530. The van der Waals surface area contributed by atoms with Crippen molar-refractivity contribution in [1.29, 1.82) is 0 Å². The Morgan fingerprint density at radius 1 is 1.07 bits per heavy atom. The fourth-order valence-corrected chi connectivity index (χ4v) is 7.49. The molecule has 7 nitrogen and oxygen atoms in total. The van der Waals surface area contributed by atoms with Crippen molar-refractivity contribution in [3.63, 3.8) is 0 Å². The Hall–Kier alpha value is -3.40. The Morgan fingerprint density at radius 3 is 2.52 bits per heavy atom. The van der Waals surface area contributed by atoms with Crippen LogP contribution < -0.4 is 10.2 Å². The van der Waals surface area contributed by atoms with Crippen LogP contribution in [0.3, 0.4) is 0 Å². The normalized spacial score (nSPS) is 15.3. The molecule has 1 aliphatic rings. The first-order valence-corrected chi connectivity index (χ1v) is 15.3. The van der Waals surface area contributed by atoms with Crippen LogP contribution in [-0.4, -0.2) is 66.0 Å². The number of carbonyl (C=O) groups is 2. The van der Waals surface area contributed by atoms with Crippen LogP contribution in [0.15, 0.2) is 60.0 Å². The fourth-order valence-electron chi connectivity index (χ4n) is 5.02. The molecular weight excluding hydrogens is 539 g/mol. The van der Waals surface area contributed by atoms with Crippen molar-refractivity contribution in [3.8, 4) is 16.9 Å². The molecule has 0 bridgehead atoms. The average molecular weight is 574 g/mol. The van der Waals surface area contributed by atoms with Gasteiger partial charge >= 0.3 is 0 Å². The minimum absolute atomic E-state index is 0.0687. The summed E-state index contributed by atoms with van der Waals surface area (Å²) in [6.07, 6.45) is 0. The number of hydrogen-bond acceptors (Lipinski definition) is 6. The van der Waals surface area contributed by atoms with E-state index >= 15 is 0 Å². The van der Waals surface area contributed by atoms with Gasteiger partial charge in [0, 0.05) is 29.1 Å². The summed E-state index contributed by atoms with van der Waals surface area (Å²) in [6.45, 7) is 7.41. The first-order valence-electron chi connectivity index (χ1n) is 13.4. The third-order valence-corrected chi connectivity index (χ3v) is 9.49. The highest BCUT2D eigenvalue weighted by Crippen LogP contribution is 2.50. The number of likely N-dealkylation sites (N-methyl/N-ethyl adjacent to an activating group) is 1. The first kappa shape index (κ1) is 28.1. The molecule has 1 atom stereocenters. The number of aromatic nitrogens is 2. The molecule has 0 saturated heterocycles. The standard InChI is InChI=1S/C31H35N5O2S2/c1-20-11-12-24(22(3)17-20)36-31-27(28(33-36)23-9-7-6-8-10-23)30(29-21(2)13-16-39-29)40-19-26(38)35(31)18-25(37)32-14-15-34(4)5/h6-13,16-17,30H,14-15,18-19H2,1-5H3,(H,32,37)/t30-/m1/s1. The van der Waals surface area contributed by atoms with Gasteiger partial charge in [-0.15, -0.1) is 23.1 Å². The lowest BCUT2D eigenvalue weighted by Crippen LogP contribution is -2.43. The molecule has 0 aliphatic carbocycles. The molecule has 4 aromatic rings. The number of fused-ring (bicyclic) bond motifs is 1. The van der Waals surface area contributed by atoms with Gasteiger partial charge in [-0.05, 0) is 63.5 Å². The Morgan fingerprint density at radius 2 is 1.85 bits per heavy atom. The van der Waals surface area contributed by atoms with Crippen LogP contribution in [0.1, 0.15) is 32.4 Å². The molecule has 40 heavy (non-hydrogen) atoms. The van der Waals surface area contributed by atoms with E-state index in [4.69, 9.17) is 5.10 Å². The predicted octanol–water partition coefficient (Wildman–Crippen LogP) is 5.37. The van der Waals surface area contributed by atoms with E-state index in [9.17, 15) is 9.59 Å². The van der Waals surface area contributed by atoms with Crippen LogP contribution in [-0.2, 0) is 9.59 Å². The van der Waals surface area contributed by atoms with Crippen LogP contribution >= 0.6 is 23.1 Å². The minimum atomic E-state index is -0.188. The van der Waals surface area contributed by atoms with Crippen LogP contribution in [0.5, 0.6) is 0 Å². The van der Waals surface area contributed by atoms with E-state index < -0.39 is 0 Å². The van der Waals surface area contributed by atoms with Crippen LogP contribution in [0.25, 0.3) is 16.9 Å². The molecule has 208 valence electrons. The van der Waals surface area contributed by atoms with Gasteiger partial charge in [0.1, 0.15) is 12.4 Å². The SMILES string of the molecule is Cc1ccc(-n2nc(-c3ccccc3)c3c2N(CC(=O)NCCN(C)C)C(=O)CS[C@H]3c2sccc2C)c(C)c1. The lowest BCUT2D eigenvalue weighted by atomic mass is 10.0. The molecule has 1 aliphatic heterocycles. The molecule has 0 unspecified atom stereocenters. The van der Waals surface area contributed by atoms with Crippen LogP contribution in [0, 0.1) is 20.8 Å². The van der Waals surface area contributed by atoms with Crippen molar-refractivity contribution in [1.82, 2.24) is 20.0 Å². The van der Waals surface area contributed by atoms with Gasteiger partial charge in [-0.1, -0.05) is 48.0 Å². The van der Waals surface area contributed by atoms with Gasteiger partial charge < -0.3 is 10.2 Å². The van der Waals surface area contributed by atoms with Crippen molar-refractivity contribution in [2.45, 2.75) is 26.0 Å². The number of nitrogens with zero attached hydrogens (tertiary/aromatic N) is 4. The van der Waals surface area contributed by atoms with Crippen molar-refractivity contribution < 1.29 is 9.59 Å². The topological polar surface area (TPSA) is 70.5 Å². The van der Waals surface area contributed by atoms with E-state index in [0.29, 0.717) is 12.4 Å². The number of aryl methyl sites for hydroxylation is 3. The van der Waals surface area contributed by atoms with E-state index in [1.165, 1.54) is 10.4 Å². The number of benzene rings is 2. The second kappa shape index (κ2) is 12.0. The highest BCUT2D eigenvalue weighted by Gasteiger charge is 2.38. The number of thiophene rings is 1. The summed E-state index contributed by atoms with van der Waals surface area (Å²) < 4.78 is 1.89. The summed E-state index contributed by atoms with van der Waals surface area (Å²) in [5.74, 6) is 0.645. The van der Waals surface area contributed by atoms with Gasteiger partial charge in [0.2, 0.25) is 11.8 Å². The highest BCUT2D eigenvalue weighted by atomic mass is 32.2. The van der Waals surface area contributed by atoms with Gasteiger partial charge in [0.15, 0.2) is 0 Å². The smallest absolute Gasteiger partial charge is 0.240 e. The summed E-state index contributed by atoms with van der Waals surface area (Å²) in [4.78, 5) is 31.9. The monoisotopic (exact) mass is 573 g/mol. The van der Waals surface area contributed by atoms with E-state index in [0.717, 1.165) is 40.2 Å². The van der Waals surface area contributed by atoms with Crippen molar-refractivity contribution in [2.24, 2.45) is 0 Å². The maximum absolute atomic E-state index is 13.8. The number of thioether (sulfide) groups is 1. The zero-order chi connectivity index (χ0) is 28.4. The van der Waals surface area contributed by atoms with Crippen molar-refractivity contribution in [3.05, 3.63) is 87.1 Å². The molecular formula is C31H35N5O2S2. The molecule has 1 N–H and O–H groups in total. The molecule has 3 heterocycles. The van der Waals surface area contributed by atoms with E-state index in [-0.39, 0.29) is 29.4 Å². The molecule has 2 aromatic heterocycles. The molecule has 0 radical (unpaired) electrons. The highest BCUT2D eigenvalue weighted by molar-refractivity contribution is 8.00. The number of hydrogen-bond donors (Lipinski definition) is 1. The lowest BCUT2D eigenvalue weighted by molar-refractivity contribution is -0.122. The van der Waals surface area contributed by atoms with Gasteiger partial charge in [-0.3, -0.25) is 14.5 Å². The third kappa shape index (κ3) is 5.73. The molecule has 0 spiro atoms. The largest absolute Gasteiger partial charge is 0.353 e.